The summed E-state index contributed by atoms with van der Waals surface area (Å²) in [6.45, 7) is 4.26. The first-order valence-corrected chi connectivity index (χ1v) is 8.05. The maximum atomic E-state index is 12.2. The van der Waals surface area contributed by atoms with Crippen LogP contribution < -0.4 is 16.0 Å². The Morgan fingerprint density at radius 3 is 3.00 bits per heavy atom. The lowest BCUT2D eigenvalue weighted by molar-refractivity contribution is -0.117. The molecule has 2 heterocycles. The molecular weight excluding hydrogens is 314 g/mol. The number of rotatable bonds is 4. The average molecular weight is 338 g/mol. The van der Waals surface area contributed by atoms with Crippen LogP contribution in [0.1, 0.15) is 31.7 Å². The van der Waals surface area contributed by atoms with Crippen molar-refractivity contribution in [1.29, 1.82) is 0 Å². The molecule has 1 aromatic rings. The largest absolute Gasteiger partial charge is 0.326 e. The fourth-order valence-electron chi connectivity index (χ4n) is 3.34. The molecule has 1 fully saturated rings. The van der Waals surface area contributed by atoms with Crippen LogP contribution in [0.4, 0.5) is 11.4 Å². The highest BCUT2D eigenvalue weighted by Gasteiger charge is 2.22. The Hall–Kier alpha value is -1.59. The van der Waals surface area contributed by atoms with Gasteiger partial charge in [0.25, 0.3) is 0 Å². The van der Waals surface area contributed by atoms with Crippen molar-refractivity contribution >= 4 is 35.6 Å². The average Bonchev–Trinajstić information content (AvgIpc) is 2.87. The van der Waals surface area contributed by atoms with Gasteiger partial charge < -0.3 is 16.0 Å². The first kappa shape index (κ1) is 17.8. The van der Waals surface area contributed by atoms with Gasteiger partial charge in [-0.25, -0.2) is 0 Å². The van der Waals surface area contributed by atoms with Gasteiger partial charge in [-0.3, -0.25) is 9.59 Å². The van der Waals surface area contributed by atoms with Crippen LogP contribution in [0.15, 0.2) is 18.2 Å². The van der Waals surface area contributed by atoms with Crippen LogP contribution >= 0.6 is 12.4 Å². The molecule has 2 amide bonds. The van der Waals surface area contributed by atoms with Crippen LogP contribution in [0.3, 0.4) is 0 Å². The minimum absolute atomic E-state index is 0. The third-order valence-corrected chi connectivity index (χ3v) is 4.66. The number of halogens is 1. The summed E-state index contributed by atoms with van der Waals surface area (Å²) in [7, 11) is 0. The zero-order valence-electron chi connectivity index (χ0n) is 13.4. The minimum Gasteiger partial charge on any atom is -0.326 e. The van der Waals surface area contributed by atoms with E-state index in [1.165, 1.54) is 12.8 Å². The van der Waals surface area contributed by atoms with Crippen molar-refractivity contribution in [2.75, 3.05) is 23.7 Å². The van der Waals surface area contributed by atoms with E-state index in [0.717, 1.165) is 30.0 Å². The standard InChI is InChI=1S/C17H23N3O2.ClH/c1-11(12-3-2-6-18-10-12)7-16(21)19-14-4-5-15-13(8-14)9-17(22)20-15;/h4-5,8,11-12,18H,2-3,6-7,9-10H2,1H3,(H,19,21)(H,20,22);1H. The molecule has 126 valence electrons. The zero-order chi connectivity index (χ0) is 15.5. The molecule has 3 rings (SSSR count). The van der Waals surface area contributed by atoms with Crippen molar-refractivity contribution in [1.82, 2.24) is 5.32 Å². The Morgan fingerprint density at radius 2 is 2.26 bits per heavy atom. The summed E-state index contributed by atoms with van der Waals surface area (Å²) in [5.41, 5.74) is 2.58. The number of hydrogen-bond acceptors (Lipinski definition) is 3. The van der Waals surface area contributed by atoms with Gasteiger partial charge in [-0.1, -0.05) is 6.92 Å². The molecule has 0 spiro atoms. The molecule has 1 aromatic carbocycles. The molecule has 0 saturated carbocycles. The molecule has 0 aromatic heterocycles. The molecule has 23 heavy (non-hydrogen) atoms. The highest BCUT2D eigenvalue weighted by molar-refractivity contribution is 6.00. The van der Waals surface area contributed by atoms with Gasteiger partial charge in [-0.2, -0.15) is 0 Å². The molecule has 0 bridgehead atoms. The van der Waals surface area contributed by atoms with E-state index < -0.39 is 0 Å². The van der Waals surface area contributed by atoms with E-state index >= 15 is 0 Å². The quantitative estimate of drug-likeness (QED) is 0.790. The Kier molecular flexibility index (Phi) is 6.02. The van der Waals surface area contributed by atoms with Crippen molar-refractivity contribution in [2.45, 2.75) is 32.6 Å². The van der Waals surface area contributed by atoms with Crippen molar-refractivity contribution in [3.05, 3.63) is 23.8 Å². The number of amides is 2. The number of benzene rings is 1. The van der Waals surface area contributed by atoms with Gasteiger partial charge in [-0.05, 0) is 61.5 Å². The maximum absolute atomic E-state index is 12.2. The summed E-state index contributed by atoms with van der Waals surface area (Å²) in [6.07, 6.45) is 3.33. The minimum atomic E-state index is 0. The SMILES string of the molecule is CC(CC(=O)Nc1ccc2c(c1)CC(=O)N2)C1CCCNC1.Cl. The number of carbonyl (C=O) groups excluding carboxylic acids is 2. The molecule has 0 aliphatic carbocycles. The first-order chi connectivity index (χ1) is 10.6. The van der Waals surface area contributed by atoms with E-state index in [1.807, 2.05) is 18.2 Å². The molecule has 2 unspecified atom stereocenters. The lowest BCUT2D eigenvalue weighted by atomic mass is 9.85. The highest BCUT2D eigenvalue weighted by atomic mass is 35.5. The Bertz CT molecular complexity index is 585. The molecule has 2 aliphatic rings. The predicted molar refractivity (Wildman–Crippen MR) is 94.0 cm³/mol. The number of carbonyl (C=O) groups is 2. The second-order valence-corrected chi connectivity index (χ2v) is 6.43. The summed E-state index contributed by atoms with van der Waals surface area (Å²) < 4.78 is 0. The van der Waals surface area contributed by atoms with E-state index in [-0.39, 0.29) is 24.2 Å². The Balaban J connectivity index is 0.00000192. The lowest BCUT2D eigenvalue weighted by Crippen LogP contribution is -2.34. The second kappa shape index (κ2) is 7.79. The number of nitrogens with one attached hydrogen (secondary N) is 3. The molecular formula is C17H24ClN3O2. The molecule has 2 aliphatic heterocycles. The van der Waals surface area contributed by atoms with E-state index in [2.05, 4.69) is 22.9 Å². The summed E-state index contributed by atoms with van der Waals surface area (Å²) >= 11 is 0. The van der Waals surface area contributed by atoms with Crippen LogP contribution in [0.5, 0.6) is 0 Å². The van der Waals surface area contributed by atoms with Crippen LogP contribution in [-0.4, -0.2) is 24.9 Å². The van der Waals surface area contributed by atoms with Crippen LogP contribution in [-0.2, 0) is 16.0 Å². The summed E-state index contributed by atoms with van der Waals surface area (Å²) in [5.74, 6) is 1.03. The van der Waals surface area contributed by atoms with Gasteiger partial charge in [0.05, 0.1) is 6.42 Å². The van der Waals surface area contributed by atoms with Crippen molar-refractivity contribution in [3.63, 3.8) is 0 Å². The van der Waals surface area contributed by atoms with Crippen molar-refractivity contribution in [3.8, 4) is 0 Å². The van der Waals surface area contributed by atoms with Crippen LogP contribution in [0.25, 0.3) is 0 Å². The van der Waals surface area contributed by atoms with Crippen molar-refractivity contribution in [2.24, 2.45) is 11.8 Å². The smallest absolute Gasteiger partial charge is 0.228 e. The van der Waals surface area contributed by atoms with E-state index in [1.54, 1.807) is 0 Å². The summed E-state index contributed by atoms with van der Waals surface area (Å²) in [4.78, 5) is 23.6. The fraction of sp³-hybridized carbons (Fsp3) is 0.529. The molecule has 2 atom stereocenters. The van der Waals surface area contributed by atoms with E-state index in [0.29, 0.717) is 24.7 Å². The van der Waals surface area contributed by atoms with Gasteiger partial charge in [-0.15, -0.1) is 12.4 Å². The third kappa shape index (κ3) is 4.45. The van der Waals surface area contributed by atoms with Gasteiger partial charge >= 0.3 is 0 Å². The monoisotopic (exact) mass is 337 g/mol. The molecule has 0 radical (unpaired) electrons. The molecule has 5 nitrogen and oxygen atoms in total. The maximum Gasteiger partial charge on any atom is 0.228 e. The van der Waals surface area contributed by atoms with E-state index in [9.17, 15) is 9.59 Å². The van der Waals surface area contributed by atoms with Crippen LogP contribution in [0.2, 0.25) is 0 Å². The predicted octanol–water partition coefficient (Wildman–Crippen LogP) is 2.57. The number of piperidine rings is 1. The topological polar surface area (TPSA) is 70.2 Å². The van der Waals surface area contributed by atoms with Crippen LogP contribution in [0, 0.1) is 11.8 Å². The highest BCUT2D eigenvalue weighted by Crippen LogP contribution is 2.27. The normalized spacial score (nSPS) is 20.9. The molecule has 6 heteroatoms. The summed E-state index contributed by atoms with van der Waals surface area (Å²) in [6, 6.07) is 5.58. The van der Waals surface area contributed by atoms with Gasteiger partial charge in [0.1, 0.15) is 0 Å². The fourth-order valence-corrected chi connectivity index (χ4v) is 3.34. The van der Waals surface area contributed by atoms with Gasteiger partial charge in [0, 0.05) is 17.8 Å². The second-order valence-electron chi connectivity index (χ2n) is 6.43. The Labute approximate surface area is 143 Å². The third-order valence-electron chi connectivity index (χ3n) is 4.66. The zero-order valence-corrected chi connectivity index (χ0v) is 14.2. The summed E-state index contributed by atoms with van der Waals surface area (Å²) in [5, 5.41) is 9.15. The number of fused-ring (bicyclic) bond motifs is 1. The molecule has 3 N–H and O–H groups in total. The van der Waals surface area contributed by atoms with Gasteiger partial charge in [0.2, 0.25) is 11.8 Å². The number of anilines is 2. The lowest BCUT2D eigenvalue weighted by Gasteiger charge is -2.28. The van der Waals surface area contributed by atoms with Crippen molar-refractivity contribution < 1.29 is 9.59 Å². The van der Waals surface area contributed by atoms with E-state index in [4.69, 9.17) is 0 Å². The van der Waals surface area contributed by atoms with Gasteiger partial charge in [0.15, 0.2) is 0 Å². The first-order valence-electron chi connectivity index (χ1n) is 8.05. The molecule has 1 saturated heterocycles. The Morgan fingerprint density at radius 1 is 1.43 bits per heavy atom. The number of hydrogen-bond donors (Lipinski definition) is 3.